The molecule has 18 heavy (non-hydrogen) atoms. The van der Waals surface area contributed by atoms with E-state index < -0.39 is 12.8 Å². The molecule has 0 bridgehead atoms. The van der Waals surface area contributed by atoms with Crippen molar-refractivity contribution in [2.75, 3.05) is 25.5 Å². The van der Waals surface area contributed by atoms with E-state index in [0.717, 1.165) is 10.9 Å². The zero-order valence-corrected chi connectivity index (χ0v) is 10.9. The molecule has 1 saturated heterocycles. The van der Waals surface area contributed by atoms with E-state index in [1.807, 2.05) is 0 Å². The predicted molar refractivity (Wildman–Crippen MR) is 66.0 cm³/mol. The van der Waals surface area contributed by atoms with Crippen LogP contribution < -0.4 is 5.32 Å². The maximum Gasteiger partial charge on any atom is 0.411 e. The van der Waals surface area contributed by atoms with Crippen molar-refractivity contribution in [3.05, 3.63) is 0 Å². The average Bonchev–Trinajstić information content (AvgIpc) is 2.88. The monoisotopic (exact) mass is 282 g/mol. The fraction of sp³-hybridized carbons (Fsp3) is 0.909. The highest BCUT2D eigenvalue weighted by Crippen LogP contribution is 2.37. The van der Waals surface area contributed by atoms with E-state index in [9.17, 15) is 13.2 Å². The Kier molecular flexibility index (Phi) is 4.42. The fourth-order valence-corrected chi connectivity index (χ4v) is 3.56. The summed E-state index contributed by atoms with van der Waals surface area (Å²) in [5, 5.41) is 4.26. The van der Waals surface area contributed by atoms with E-state index in [1.165, 1.54) is 25.7 Å². The average molecular weight is 282 g/mol. The highest BCUT2D eigenvalue weighted by molar-refractivity contribution is 8.14. The Labute approximate surface area is 109 Å². The third kappa shape index (κ3) is 4.05. The third-order valence-electron chi connectivity index (χ3n) is 3.17. The van der Waals surface area contributed by atoms with E-state index in [4.69, 9.17) is 0 Å². The van der Waals surface area contributed by atoms with Crippen molar-refractivity contribution in [3.8, 4) is 0 Å². The fourth-order valence-electron chi connectivity index (χ4n) is 2.31. The van der Waals surface area contributed by atoms with Gasteiger partial charge in [-0.2, -0.15) is 13.2 Å². The van der Waals surface area contributed by atoms with Gasteiger partial charge >= 0.3 is 6.18 Å². The van der Waals surface area contributed by atoms with Gasteiger partial charge in [-0.1, -0.05) is 24.6 Å². The molecule has 1 spiro atoms. The van der Waals surface area contributed by atoms with Gasteiger partial charge in [-0.3, -0.25) is 4.99 Å². The number of alkyl halides is 3. The van der Waals surface area contributed by atoms with Crippen LogP contribution in [0.25, 0.3) is 0 Å². The van der Waals surface area contributed by atoms with Gasteiger partial charge in [0.1, 0.15) is 6.61 Å². The molecule has 0 unspecified atom stereocenters. The molecule has 2 aliphatic rings. The summed E-state index contributed by atoms with van der Waals surface area (Å²) >= 11 is 1.66. The van der Waals surface area contributed by atoms with Crippen LogP contribution in [0.1, 0.15) is 25.7 Å². The van der Waals surface area contributed by atoms with Gasteiger partial charge in [0.25, 0.3) is 0 Å². The molecule has 3 nitrogen and oxygen atoms in total. The van der Waals surface area contributed by atoms with Crippen molar-refractivity contribution < 1.29 is 17.9 Å². The Balaban J connectivity index is 1.65. The van der Waals surface area contributed by atoms with Crippen molar-refractivity contribution in [1.82, 2.24) is 5.32 Å². The summed E-state index contributed by atoms with van der Waals surface area (Å²) in [6, 6.07) is 0. The van der Waals surface area contributed by atoms with Crippen LogP contribution in [0.15, 0.2) is 4.99 Å². The number of ether oxygens (including phenoxy) is 1. The summed E-state index contributed by atoms with van der Waals surface area (Å²) in [5.74, 6) is 1.02. The first kappa shape index (κ1) is 14.0. The zero-order chi connectivity index (χ0) is 13.1. The lowest BCUT2D eigenvalue weighted by atomic mass is 10.0. The van der Waals surface area contributed by atoms with Gasteiger partial charge in [0.15, 0.2) is 5.17 Å². The highest BCUT2D eigenvalue weighted by atomic mass is 32.2. The van der Waals surface area contributed by atoms with E-state index in [0.29, 0.717) is 0 Å². The molecule has 7 heteroatoms. The molecule has 0 radical (unpaired) electrons. The van der Waals surface area contributed by atoms with Gasteiger partial charge in [0.05, 0.1) is 13.2 Å². The molecule has 0 atom stereocenters. The second kappa shape index (κ2) is 5.69. The minimum Gasteiger partial charge on any atom is -0.370 e. The molecule has 1 aliphatic carbocycles. The van der Waals surface area contributed by atoms with E-state index in [1.54, 1.807) is 11.8 Å². The Morgan fingerprint density at radius 3 is 2.72 bits per heavy atom. The molecule has 1 heterocycles. The van der Waals surface area contributed by atoms with Crippen LogP contribution in [-0.4, -0.2) is 42.4 Å². The Morgan fingerprint density at radius 1 is 1.33 bits per heavy atom. The van der Waals surface area contributed by atoms with Gasteiger partial charge in [-0.25, -0.2) is 0 Å². The molecule has 2 fully saturated rings. The largest absolute Gasteiger partial charge is 0.411 e. The van der Waals surface area contributed by atoms with Crippen molar-refractivity contribution in [3.63, 3.8) is 0 Å². The number of aliphatic imine (C=N–C) groups is 1. The topological polar surface area (TPSA) is 33.6 Å². The second-order valence-corrected chi connectivity index (χ2v) is 5.72. The molecule has 0 aromatic heterocycles. The molecular weight excluding hydrogens is 265 g/mol. The SMILES string of the molecule is FC(F)(F)COCCN=C1NC2(CCCC2)CS1. The van der Waals surface area contributed by atoms with Crippen LogP contribution >= 0.6 is 11.8 Å². The summed E-state index contributed by atoms with van der Waals surface area (Å²) in [4.78, 5) is 4.24. The van der Waals surface area contributed by atoms with Crippen molar-refractivity contribution >= 4 is 16.9 Å². The molecule has 0 amide bonds. The van der Waals surface area contributed by atoms with Crippen molar-refractivity contribution in [2.24, 2.45) is 4.99 Å². The molecule has 0 aromatic carbocycles. The first-order valence-corrected chi connectivity index (χ1v) is 7.08. The summed E-state index contributed by atoms with van der Waals surface area (Å²) in [6.45, 7) is -0.901. The smallest absolute Gasteiger partial charge is 0.370 e. The Hall–Kier alpha value is -0.430. The van der Waals surface area contributed by atoms with Crippen LogP contribution in [0.5, 0.6) is 0 Å². The minimum atomic E-state index is -4.25. The van der Waals surface area contributed by atoms with Crippen LogP contribution in [0, 0.1) is 0 Å². The number of nitrogens with one attached hydrogen (secondary N) is 1. The first-order valence-electron chi connectivity index (χ1n) is 6.09. The molecule has 2 rings (SSSR count). The molecular formula is C11H17F3N2OS. The molecule has 104 valence electrons. The molecule has 0 aromatic rings. The number of amidine groups is 1. The quantitative estimate of drug-likeness (QED) is 0.805. The van der Waals surface area contributed by atoms with Crippen molar-refractivity contribution in [2.45, 2.75) is 37.4 Å². The number of hydrogen-bond donors (Lipinski definition) is 1. The maximum atomic E-state index is 11.8. The van der Waals surface area contributed by atoms with E-state index >= 15 is 0 Å². The molecule has 1 saturated carbocycles. The summed E-state index contributed by atoms with van der Waals surface area (Å²) in [5.41, 5.74) is 0.205. The number of rotatable bonds is 4. The summed E-state index contributed by atoms with van der Waals surface area (Å²) in [7, 11) is 0. The standard InChI is InChI=1S/C11H17F3N2OS/c12-11(13,14)7-17-6-5-15-9-16-10(8-18-9)3-1-2-4-10/h1-8H2,(H,15,16). The van der Waals surface area contributed by atoms with Crippen LogP contribution in [0.4, 0.5) is 13.2 Å². The van der Waals surface area contributed by atoms with Crippen LogP contribution in [-0.2, 0) is 4.74 Å². The summed E-state index contributed by atoms with van der Waals surface area (Å²) in [6.07, 6.45) is 0.583. The number of hydrogen-bond acceptors (Lipinski definition) is 3. The maximum absolute atomic E-state index is 11.8. The highest BCUT2D eigenvalue weighted by Gasteiger charge is 2.39. The number of nitrogens with zero attached hydrogens (tertiary/aromatic N) is 1. The zero-order valence-electron chi connectivity index (χ0n) is 10.1. The van der Waals surface area contributed by atoms with E-state index in [-0.39, 0.29) is 18.7 Å². The third-order valence-corrected chi connectivity index (χ3v) is 4.38. The van der Waals surface area contributed by atoms with Crippen LogP contribution in [0.3, 0.4) is 0 Å². The Morgan fingerprint density at radius 2 is 2.06 bits per heavy atom. The molecule has 1 aliphatic heterocycles. The van der Waals surface area contributed by atoms with Gasteiger partial charge in [-0.05, 0) is 12.8 Å². The predicted octanol–water partition coefficient (Wildman–Crippen LogP) is 2.57. The lowest BCUT2D eigenvalue weighted by Crippen LogP contribution is -2.40. The normalized spacial score (nSPS) is 24.9. The molecule has 1 N–H and O–H groups in total. The minimum absolute atomic E-state index is 0.0122. The van der Waals surface area contributed by atoms with Crippen LogP contribution in [0.2, 0.25) is 0 Å². The van der Waals surface area contributed by atoms with E-state index in [2.05, 4.69) is 15.0 Å². The summed E-state index contributed by atoms with van der Waals surface area (Å²) < 4.78 is 39.9. The lowest BCUT2D eigenvalue weighted by molar-refractivity contribution is -0.173. The first-order chi connectivity index (χ1) is 8.49. The lowest BCUT2D eigenvalue weighted by Gasteiger charge is -2.21. The second-order valence-electron chi connectivity index (χ2n) is 4.76. The number of halogens is 3. The van der Waals surface area contributed by atoms with Gasteiger partial charge in [0.2, 0.25) is 0 Å². The van der Waals surface area contributed by atoms with Gasteiger partial charge in [-0.15, -0.1) is 0 Å². The Bertz CT molecular complexity index is 314. The van der Waals surface area contributed by atoms with Gasteiger partial charge in [0, 0.05) is 11.3 Å². The van der Waals surface area contributed by atoms with Gasteiger partial charge < -0.3 is 10.1 Å². The van der Waals surface area contributed by atoms with Crippen molar-refractivity contribution in [1.29, 1.82) is 0 Å². The number of thioether (sulfide) groups is 1.